The van der Waals surface area contributed by atoms with Crippen LogP contribution in [0.5, 0.6) is 5.75 Å². The molecule has 2 aromatic carbocycles. The van der Waals surface area contributed by atoms with Crippen molar-refractivity contribution in [3.05, 3.63) is 62.5 Å². The van der Waals surface area contributed by atoms with Gasteiger partial charge in [-0.15, -0.1) is 0 Å². The fourth-order valence-corrected chi connectivity index (χ4v) is 2.95. The van der Waals surface area contributed by atoms with Crippen molar-refractivity contribution >= 4 is 31.9 Å². The molecule has 0 aliphatic carbocycles. The van der Waals surface area contributed by atoms with Gasteiger partial charge in [0.2, 0.25) is 0 Å². The second-order valence-electron chi connectivity index (χ2n) is 4.33. The van der Waals surface area contributed by atoms with E-state index in [0.717, 1.165) is 26.7 Å². The van der Waals surface area contributed by atoms with Gasteiger partial charge in [-0.3, -0.25) is 0 Å². The van der Waals surface area contributed by atoms with Crippen LogP contribution >= 0.6 is 31.9 Å². The summed E-state index contributed by atoms with van der Waals surface area (Å²) in [6, 6.07) is 14.0. The van der Waals surface area contributed by atoms with Gasteiger partial charge < -0.3 is 10.5 Å². The first-order valence-corrected chi connectivity index (χ1v) is 7.52. The van der Waals surface area contributed by atoms with Crippen molar-refractivity contribution in [3.8, 4) is 5.75 Å². The van der Waals surface area contributed by atoms with Gasteiger partial charge in [0, 0.05) is 15.0 Å². The normalized spacial score (nSPS) is 12.2. The maximum atomic E-state index is 6.30. The fraction of sp³-hybridized carbons (Fsp3) is 0.200. The molecule has 100 valence electrons. The quantitative estimate of drug-likeness (QED) is 0.844. The molecule has 0 aliphatic rings. The molecule has 2 aromatic rings. The van der Waals surface area contributed by atoms with Crippen molar-refractivity contribution < 1.29 is 4.74 Å². The van der Waals surface area contributed by atoms with Crippen LogP contribution < -0.4 is 10.5 Å². The summed E-state index contributed by atoms with van der Waals surface area (Å²) in [7, 11) is 1.66. The van der Waals surface area contributed by atoms with E-state index in [1.165, 1.54) is 5.56 Å². The van der Waals surface area contributed by atoms with Crippen molar-refractivity contribution in [1.82, 2.24) is 0 Å². The Balaban J connectivity index is 2.22. The molecule has 0 bridgehead atoms. The summed E-state index contributed by atoms with van der Waals surface area (Å²) < 4.78 is 7.33. The predicted molar refractivity (Wildman–Crippen MR) is 85.5 cm³/mol. The smallest absolute Gasteiger partial charge is 0.119 e. The third kappa shape index (κ3) is 3.81. The number of hydrogen-bond donors (Lipinski definition) is 1. The van der Waals surface area contributed by atoms with Gasteiger partial charge in [-0.05, 0) is 47.9 Å². The summed E-state index contributed by atoms with van der Waals surface area (Å²) in [5.41, 5.74) is 8.56. The monoisotopic (exact) mass is 383 g/mol. The zero-order chi connectivity index (χ0) is 13.8. The van der Waals surface area contributed by atoms with E-state index in [4.69, 9.17) is 10.5 Å². The highest BCUT2D eigenvalue weighted by atomic mass is 79.9. The van der Waals surface area contributed by atoms with E-state index in [-0.39, 0.29) is 6.04 Å². The van der Waals surface area contributed by atoms with Crippen LogP contribution in [0, 0.1) is 0 Å². The maximum absolute atomic E-state index is 6.30. The summed E-state index contributed by atoms with van der Waals surface area (Å²) in [6.45, 7) is 0. The van der Waals surface area contributed by atoms with Gasteiger partial charge in [0.15, 0.2) is 0 Å². The van der Waals surface area contributed by atoms with Crippen LogP contribution in [0.3, 0.4) is 0 Å². The van der Waals surface area contributed by atoms with Gasteiger partial charge in [-0.25, -0.2) is 0 Å². The molecule has 19 heavy (non-hydrogen) atoms. The summed E-state index contributed by atoms with van der Waals surface area (Å²) in [6.07, 6.45) is 0.783. The lowest BCUT2D eigenvalue weighted by Crippen LogP contribution is -2.14. The third-order valence-electron chi connectivity index (χ3n) is 2.95. The van der Waals surface area contributed by atoms with E-state index in [1.807, 2.05) is 30.3 Å². The molecule has 0 amide bonds. The first-order valence-electron chi connectivity index (χ1n) is 5.93. The lowest BCUT2D eigenvalue weighted by atomic mass is 9.99. The van der Waals surface area contributed by atoms with Gasteiger partial charge in [0.25, 0.3) is 0 Å². The maximum Gasteiger partial charge on any atom is 0.119 e. The average Bonchev–Trinajstić information content (AvgIpc) is 2.39. The Kier molecular flexibility index (Phi) is 5.02. The van der Waals surface area contributed by atoms with Crippen molar-refractivity contribution in [2.24, 2.45) is 5.73 Å². The minimum atomic E-state index is -0.0706. The lowest BCUT2D eigenvalue weighted by molar-refractivity contribution is 0.413. The van der Waals surface area contributed by atoms with E-state index in [1.54, 1.807) is 7.11 Å². The van der Waals surface area contributed by atoms with Gasteiger partial charge >= 0.3 is 0 Å². The molecule has 0 saturated carbocycles. The first-order chi connectivity index (χ1) is 9.10. The van der Waals surface area contributed by atoms with Crippen LogP contribution in [-0.4, -0.2) is 7.11 Å². The van der Waals surface area contributed by atoms with E-state index >= 15 is 0 Å². The molecule has 2 N–H and O–H groups in total. The van der Waals surface area contributed by atoms with Crippen molar-refractivity contribution in [2.45, 2.75) is 12.5 Å². The fourth-order valence-electron chi connectivity index (χ4n) is 1.96. The lowest BCUT2D eigenvalue weighted by Gasteiger charge is -2.15. The largest absolute Gasteiger partial charge is 0.497 e. The Morgan fingerprint density at radius 2 is 1.95 bits per heavy atom. The Bertz CT molecular complexity index is 572. The number of nitrogens with two attached hydrogens (primary N) is 1. The molecule has 0 fully saturated rings. The molecule has 2 rings (SSSR count). The molecule has 2 nitrogen and oxygen atoms in total. The second-order valence-corrected chi connectivity index (χ2v) is 6.10. The molecule has 0 spiro atoms. The Morgan fingerprint density at radius 3 is 2.63 bits per heavy atom. The number of halogens is 2. The van der Waals surface area contributed by atoms with Crippen LogP contribution in [-0.2, 0) is 6.42 Å². The molecule has 0 saturated heterocycles. The minimum absolute atomic E-state index is 0.0706. The van der Waals surface area contributed by atoms with E-state index < -0.39 is 0 Å². The molecule has 1 atom stereocenters. The summed E-state index contributed by atoms with van der Waals surface area (Å²) in [4.78, 5) is 0. The van der Waals surface area contributed by atoms with Crippen molar-refractivity contribution in [3.63, 3.8) is 0 Å². The van der Waals surface area contributed by atoms with Crippen LogP contribution in [0.2, 0.25) is 0 Å². The minimum Gasteiger partial charge on any atom is -0.497 e. The first kappa shape index (κ1) is 14.6. The standard InChI is InChI=1S/C15H15Br2NO/c1-19-12-5-6-14(17)13(9-12)15(18)8-10-3-2-4-11(16)7-10/h2-7,9,15H,8,18H2,1H3. The molecular weight excluding hydrogens is 370 g/mol. The molecule has 4 heteroatoms. The third-order valence-corrected chi connectivity index (χ3v) is 4.16. The van der Waals surface area contributed by atoms with Gasteiger partial charge in [0.1, 0.15) is 5.75 Å². The number of rotatable bonds is 4. The molecule has 1 unspecified atom stereocenters. The van der Waals surface area contributed by atoms with E-state index in [2.05, 4.69) is 44.0 Å². The van der Waals surface area contributed by atoms with Crippen LogP contribution in [0.15, 0.2) is 51.4 Å². The summed E-state index contributed by atoms with van der Waals surface area (Å²) in [5.74, 6) is 0.822. The Morgan fingerprint density at radius 1 is 1.16 bits per heavy atom. The molecule has 0 aromatic heterocycles. The zero-order valence-electron chi connectivity index (χ0n) is 10.6. The molecule has 0 aliphatic heterocycles. The van der Waals surface area contributed by atoms with Gasteiger partial charge in [0.05, 0.1) is 7.11 Å². The number of methoxy groups -OCH3 is 1. The molecule has 0 radical (unpaired) electrons. The Labute approximate surface area is 130 Å². The van der Waals surface area contributed by atoms with Gasteiger partial charge in [-0.1, -0.05) is 44.0 Å². The summed E-state index contributed by atoms with van der Waals surface area (Å²) >= 11 is 7.02. The molecular formula is C15H15Br2NO. The van der Waals surface area contributed by atoms with Crippen molar-refractivity contribution in [2.75, 3.05) is 7.11 Å². The topological polar surface area (TPSA) is 35.2 Å². The zero-order valence-corrected chi connectivity index (χ0v) is 13.7. The summed E-state index contributed by atoms with van der Waals surface area (Å²) in [5, 5.41) is 0. The second kappa shape index (κ2) is 6.55. The highest BCUT2D eigenvalue weighted by Gasteiger charge is 2.12. The van der Waals surface area contributed by atoms with Crippen LogP contribution in [0.25, 0.3) is 0 Å². The van der Waals surface area contributed by atoms with Gasteiger partial charge in [-0.2, -0.15) is 0 Å². The van der Waals surface area contributed by atoms with E-state index in [9.17, 15) is 0 Å². The number of hydrogen-bond acceptors (Lipinski definition) is 2. The van der Waals surface area contributed by atoms with Crippen LogP contribution in [0.4, 0.5) is 0 Å². The SMILES string of the molecule is COc1ccc(Br)c(C(N)Cc2cccc(Br)c2)c1. The van der Waals surface area contributed by atoms with Crippen LogP contribution in [0.1, 0.15) is 17.2 Å². The Hall–Kier alpha value is -0.840. The highest BCUT2D eigenvalue weighted by molar-refractivity contribution is 9.10. The average molecular weight is 385 g/mol. The van der Waals surface area contributed by atoms with Crippen molar-refractivity contribution in [1.29, 1.82) is 0 Å². The number of benzene rings is 2. The van der Waals surface area contributed by atoms with E-state index in [0.29, 0.717) is 0 Å². The highest BCUT2D eigenvalue weighted by Crippen LogP contribution is 2.28. The number of ether oxygens (including phenoxy) is 1. The molecule has 0 heterocycles. The predicted octanol–water partition coefficient (Wildman–Crippen LogP) is 4.46.